The minimum atomic E-state index is 0.402. The van der Waals surface area contributed by atoms with Gasteiger partial charge < -0.3 is 24.7 Å². The maximum absolute atomic E-state index is 6.08. The van der Waals surface area contributed by atoms with Crippen LogP contribution in [0.15, 0.2) is 17.5 Å². The maximum atomic E-state index is 6.08. The predicted molar refractivity (Wildman–Crippen MR) is 97.9 cm³/mol. The number of nitrogens with zero attached hydrogens (tertiary/aromatic N) is 2. The maximum Gasteiger partial charge on any atom is 0.258 e. The van der Waals surface area contributed by atoms with Gasteiger partial charge in [-0.3, -0.25) is 0 Å². The Hall–Kier alpha value is -2.45. The number of fused-ring (bicyclic) bond motifs is 1. The lowest BCUT2D eigenvalue weighted by molar-refractivity contribution is 0.133. The van der Waals surface area contributed by atoms with E-state index < -0.39 is 0 Å². The summed E-state index contributed by atoms with van der Waals surface area (Å²) in [4.78, 5) is 0.814. The number of rotatable bonds is 7. The van der Waals surface area contributed by atoms with Crippen molar-refractivity contribution in [1.29, 1.82) is 0 Å². The first-order chi connectivity index (χ1) is 12.1. The van der Waals surface area contributed by atoms with E-state index in [9.17, 15) is 0 Å². The minimum absolute atomic E-state index is 0.402. The van der Waals surface area contributed by atoms with Crippen molar-refractivity contribution >= 4 is 21.9 Å². The first kappa shape index (κ1) is 17.4. The summed E-state index contributed by atoms with van der Waals surface area (Å²) in [5.41, 5.74) is 9.21. The number of nitrogens with two attached hydrogens (primary N) is 1. The molecule has 2 aromatic heterocycles. The second-order valence-corrected chi connectivity index (χ2v) is 6.13. The number of hydrogen-bond donors (Lipinski definition) is 1. The third-order valence-corrected chi connectivity index (χ3v) is 4.80. The fraction of sp³-hybridized carbons (Fsp3) is 0.353. The van der Waals surface area contributed by atoms with Crippen LogP contribution in [0.5, 0.6) is 17.4 Å². The number of aromatic nitrogens is 2. The summed E-state index contributed by atoms with van der Waals surface area (Å²) in [5.74, 6) is 1.77. The van der Waals surface area contributed by atoms with Gasteiger partial charge in [0.2, 0.25) is 0 Å². The third-order valence-electron chi connectivity index (χ3n) is 3.84. The highest BCUT2D eigenvalue weighted by Crippen LogP contribution is 2.43. The van der Waals surface area contributed by atoms with E-state index in [2.05, 4.69) is 5.10 Å². The van der Waals surface area contributed by atoms with Gasteiger partial charge in [0.15, 0.2) is 0 Å². The number of nitrogen functional groups attached to an aromatic ring is 1. The van der Waals surface area contributed by atoms with Gasteiger partial charge in [-0.05, 0) is 24.6 Å². The average molecular weight is 363 g/mol. The van der Waals surface area contributed by atoms with Gasteiger partial charge in [0.25, 0.3) is 5.88 Å². The molecule has 0 unspecified atom stereocenters. The molecule has 0 aliphatic heterocycles. The Morgan fingerprint density at radius 3 is 2.36 bits per heavy atom. The van der Waals surface area contributed by atoms with Gasteiger partial charge in [-0.25, -0.2) is 4.52 Å². The van der Waals surface area contributed by atoms with Crippen LogP contribution < -0.4 is 19.9 Å². The van der Waals surface area contributed by atoms with Crippen molar-refractivity contribution in [1.82, 2.24) is 9.61 Å². The Balaban J connectivity index is 2.19. The molecule has 7 nitrogen and oxygen atoms in total. The molecular weight excluding hydrogens is 342 g/mol. The fourth-order valence-electron chi connectivity index (χ4n) is 2.67. The highest BCUT2D eigenvalue weighted by molar-refractivity contribution is 7.16. The zero-order valence-electron chi connectivity index (χ0n) is 14.7. The molecule has 0 radical (unpaired) electrons. The summed E-state index contributed by atoms with van der Waals surface area (Å²) >= 11 is 1.49. The normalized spacial score (nSPS) is 11.0. The molecule has 0 aliphatic rings. The number of hydrogen-bond acceptors (Lipinski definition) is 7. The number of methoxy groups -OCH3 is 3. The van der Waals surface area contributed by atoms with Crippen LogP contribution in [0.1, 0.15) is 12.5 Å². The Morgan fingerprint density at radius 1 is 1.12 bits per heavy atom. The van der Waals surface area contributed by atoms with Crippen molar-refractivity contribution in [3.05, 3.63) is 23.1 Å². The minimum Gasteiger partial charge on any atom is -0.496 e. The summed E-state index contributed by atoms with van der Waals surface area (Å²) < 4.78 is 23.7. The molecule has 134 valence electrons. The van der Waals surface area contributed by atoms with E-state index in [4.69, 9.17) is 24.7 Å². The van der Waals surface area contributed by atoms with Gasteiger partial charge >= 0.3 is 0 Å². The zero-order valence-corrected chi connectivity index (χ0v) is 15.5. The molecule has 0 spiro atoms. The fourth-order valence-corrected chi connectivity index (χ4v) is 3.57. The van der Waals surface area contributed by atoms with Crippen LogP contribution in [0.4, 0.5) is 5.69 Å². The van der Waals surface area contributed by atoms with E-state index in [1.54, 1.807) is 25.8 Å². The molecule has 1 aromatic carbocycles. The smallest absolute Gasteiger partial charge is 0.258 e. The molecule has 0 bridgehead atoms. The highest BCUT2D eigenvalue weighted by Gasteiger charge is 2.22. The van der Waals surface area contributed by atoms with Crippen LogP contribution in [0.25, 0.3) is 16.1 Å². The first-order valence-corrected chi connectivity index (χ1v) is 8.65. The van der Waals surface area contributed by atoms with E-state index in [1.165, 1.54) is 11.3 Å². The van der Waals surface area contributed by atoms with Crippen molar-refractivity contribution in [3.63, 3.8) is 0 Å². The Kier molecular flexibility index (Phi) is 5.00. The topological polar surface area (TPSA) is 80.2 Å². The summed E-state index contributed by atoms with van der Waals surface area (Å²) in [6.07, 6.45) is 0. The second-order valence-electron chi connectivity index (χ2n) is 5.27. The van der Waals surface area contributed by atoms with E-state index >= 15 is 0 Å². The number of benzene rings is 1. The summed E-state index contributed by atoms with van der Waals surface area (Å²) in [5, 5.41) is 6.41. The Labute approximate surface area is 149 Å². The van der Waals surface area contributed by atoms with Crippen molar-refractivity contribution < 1.29 is 18.9 Å². The molecule has 2 heterocycles. The Bertz CT molecular complexity index is 863. The highest BCUT2D eigenvalue weighted by atomic mass is 32.1. The second kappa shape index (κ2) is 7.20. The lowest BCUT2D eigenvalue weighted by atomic mass is 10.1. The van der Waals surface area contributed by atoms with Crippen molar-refractivity contribution in [2.24, 2.45) is 0 Å². The van der Waals surface area contributed by atoms with Gasteiger partial charge in [-0.15, -0.1) is 16.4 Å². The van der Waals surface area contributed by atoms with Gasteiger partial charge in [0.05, 0.1) is 39.2 Å². The van der Waals surface area contributed by atoms with E-state index in [-0.39, 0.29) is 0 Å². The first-order valence-electron chi connectivity index (χ1n) is 7.77. The molecular formula is C17H21N3O4S. The van der Waals surface area contributed by atoms with Gasteiger partial charge in [-0.1, -0.05) is 0 Å². The molecule has 3 aromatic rings. The van der Waals surface area contributed by atoms with Crippen molar-refractivity contribution in [3.8, 4) is 28.6 Å². The monoisotopic (exact) mass is 363 g/mol. The molecule has 0 saturated carbocycles. The van der Waals surface area contributed by atoms with Crippen LogP contribution >= 0.6 is 11.3 Å². The molecule has 0 amide bonds. The number of anilines is 1. The summed E-state index contributed by atoms with van der Waals surface area (Å²) in [6, 6.07) is 3.89. The lowest BCUT2D eigenvalue weighted by Crippen LogP contribution is -2.00. The summed E-state index contributed by atoms with van der Waals surface area (Å²) in [6.45, 7) is 3.09. The summed E-state index contributed by atoms with van der Waals surface area (Å²) in [7, 11) is 4.81. The molecule has 25 heavy (non-hydrogen) atoms. The lowest BCUT2D eigenvalue weighted by Gasteiger charge is -2.15. The predicted octanol–water partition coefficient (Wildman–Crippen LogP) is 3.21. The SMILES string of the molecule is CCOCc1cc(OC)c(-c2csc3c(N)c(OC)nn23)c(OC)c1. The number of ether oxygens (including phenoxy) is 4. The zero-order chi connectivity index (χ0) is 18.0. The third kappa shape index (κ3) is 2.98. The largest absolute Gasteiger partial charge is 0.496 e. The van der Waals surface area contributed by atoms with E-state index in [0.29, 0.717) is 36.3 Å². The van der Waals surface area contributed by atoms with Gasteiger partial charge in [-0.2, -0.15) is 0 Å². The molecule has 0 saturated heterocycles. The molecule has 0 aliphatic carbocycles. The van der Waals surface area contributed by atoms with Crippen LogP contribution in [0.2, 0.25) is 0 Å². The van der Waals surface area contributed by atoms with Crippen molar-refractivity contribution in [2.45, 2.75) is 13.5 Å². The van der Waals surface area contributed by atoms with Crippen LogP contribution in [0, 0.1) is 0 Å². The molecule has 8 heteroatoms. The van der Waals surface area contributed by atoms with Gasteiger partial charge in [0, 0.05) is 12.0 Å². The van der Waals surface area contributed by atoms with Crippen LogP contribution in [0.3, 0.4) is 0 Å². The van der Waals surface area contributed by atoms with Crippen molar-refractivity contribution in [2.75, 3.05) is 33.7 Å². The molecule has 0 fully saturated rings. The quantitative estimate of drug-likeness (QED) is 0.694. The average Bonchev–Trinajstić information content (AvgIpc) is 3.18. The molecule has 3 rings (SSSR count). The Morgan fingerprint density at radius 2 is 1.80 bits per heavy atom. The van der Waals surface area contributed by atoms with Crippen LogP contribution in [-0.2, 0) is 11.3 Å². The van der Waals surface area contributed by atoms with E-state index in [1.807, 2.05) is 24.4 Å². The number of thiazole rings is 1. The van der Waals surface area contributed by atoms with Gasteiger partial charge in [0.1, 0.15) is 22.0 Å². The van der Waals surface area contributed by atoms with E-state index in [0.717, 1.165) is 21.7 Å². The molecule has 0 atom stereocenters. The molecule has 2 N–H and O–H groups in total. The van der Waals surface area contributed by atoms with Crippen LogP contribution in [-0.4, -0.2) is 37.6 Å². The standard InChI is InChI=1S/C17H21N3O4S/c1-5-24-8-10-6-12(21-2)14(13(7-10)22-3)11-9-25-17-15(18)16(23-4)19-20(11)17/h6-7,9H,5,8,18H2,1-4H3.